The van der Waals surface area contributed by atoms with Crippen molar-refractivity contribution < 1.29 is 33.3 Å². The molecule has 3 aliphatic heterocycles. The smallest absolute Gasteiger partial charge is 0.327 e. The van der Waals surface area contributed by atoms with Crippen molar-refractivity contribution >= 4 is 17.8 Å². The van der Waals surface area contributed by atoms with Gasteiger partial charge in [0.2, 0.25) is 12.7 Å². The monoisotopic (exact) mass is 551 g/mol. The van der Waals surface area contributed by atoms with E-state index in [1.54, 1.807) is 29.2 Å². The molecular weight excluding hydrogens is 514 g/mol. The number of likely N-dealkylation sites (tertiary alicyclic amines) is 1. The quantitative estimate of drug-likeness (QED) is 0.458. The van der Waals surface area contributed by atoms with Gasteiger partial charge < -0.3 is 29.2 Å². The van der Waals surface area contributed by atoms with Gasteiger partial charge in [-0.3, -0.25) is 9.59 Å². The van der Waals surface area contributed by atoms with Gasteiger partial charge in [-0.05, 0) is 61.2 Å². The lowest BCUT2D eigenvalue weighted by molar-refractivity contribution is -0.191. The van der Waals surface area contributed by atoms with Crippen molar-refractivity contribution in [3.8, 4) is 17.2 Å². The first-order valence-electron chi connectivity index (χ1n) is 14.1. The van der Waals surface area contributed by atoms with Gasteiger partial charge in [-0.15, -0.1) is 0 Å². The minimum absolute atomic E-state index is 0.0587. The summed E-state index contributed by atoms with van der Waals surface area (Å²) in [5, 5.41) is 3.05. The number of urea groups is 1. The molecule has 214 valence electrons. The van der Waals surface area contributed by atoms with Crippen LogP contribution in [0.4, 0.5) is 4.79 Å². The molecule has 0 aliphatic carbocycles. The largest absolute Gasteiger partial charge is 0.469 e. The third kappa shape index (κ3) is 5.08. The topological polar surface area (TPSA) is 107 Å². The lowest BCUT2D eigenvalue weighted by atomic mass is 9.72. The van der Waals surface area contributed by atoms with Crippen LogP contribution in [0.5, 0.6) is 17.2 Å². The van der Waals surface area contributed by atoms with Crippen LogP contribution in [-0.4, -0.2) is 67.0 Å². The Hall–Kier alpha value is -3.79. The summed E-state index contributed by atoms with van der Waals surface area (Å²) in [5.74, 6) is 1.49. The molecule has 0 aromatic heterocycles. The van der Waals surface area contributed by atoms with Crippen LogP contribution < -0.4 is 19.5 Å². The van der Waals surface area contributed by atoms with Gasteiger partial charge >= 0.3 is 6.03 Å². The Morgan fingerprint density at radius 1 is 1.02 bits per heavy atom. The molecule has 1 N–H and O–H groups in total. The summed E-state index contributed by atoms with van der Waals surface area (Å²) in [6, 6.07) is 11.7. The summed E-state index contributed by atoms with van der Waals surface area (Å²) in [5.41, 5.74) is 0.623. The second-order valence-corrected chi connectivity index (χ2v) is 10.3. The molecule has 2 aromatic rings. The van der Waals surface area contributed by atoms with Gasteiger partial charge in [-0.1, -0.05) is 33.3 Å². The zero-order valence-electron chi connectivity index (χ0n) is 23.3. The molecule has 2 fully saturated rings. The highest BCUT2D eigenvalue weighted by atomic mass is 16.7. The predicted octanol–water partition coefficient (Wildman–Crippen LogP) is 4.49. The zero-order chi connectivity index (χ0) is 28.3. The number of morpholine rings is 1. The van der Waals surface area contributed by atoms with Crippen molar-refractivity contribution in [3.63, 3.8) is 0 Å². The standard InChI is InChI=1S/C30H37N3O7/c1-4-7-23(21-10-13-24-25(18-21)39-19-38-24)31-29(36)33-27(35)30(5-2,6-3)28(33)40-22-11-8-20(9-12-22)26(34)32-14-16-37-17-15-32/h8-13,18,23,28H,4-7,14-17,19H2,1-3H3,(H,31,36)/t23-,28+/m1/s1. The van der Waals surface area contributed by atoms with E-state index in [0.29, 0.717) is 68.4 Å². The van der Waals surface area contributed by atoms with Gasteiger partial charge in [-0.25, -0.2) is 9.69 Å². The maximum Gasteiger partial charge on any atom is 0.327 e. The molecule has 0 spiro atoms. The van der Waals surface area contributed by atoms with E-state index in [1.165, 1.54) is 4.90 Å². The summed E-state index contributed by atoms with van der Waals surface area (Å²) < 4.78 is 22.6. The van der Waals surface area contributed by atoms with E-state index in [9.17, 15) is 14.4 Å². The van der Waals surface area contributed by atoms with Gasteiger partial charge in [0.15, 0.2) is 17.7 Å². The average molecular weight is 552 g/mol. The fraction of sp³-hybridized carbons (Fsp3) is 0.500. The van der Waals surface area contributed by atoms with Crippen LogP contribution in [0, 0.1) is 5.41 Å². The lowest BCUT2D eigenvalue weighted by Crippen LogP contribution is -2.73. The van der Waals surface area contributed by atoms with Crippen molar-refractivity contribution in [1.29, 1.82) is 0 Å². The van der Waals surface area contributed by atoms with Crippen LogP contribution in [0.1, 0.15) is 68.4 Å². The summed E-state index contributed by atoms with van der Waals surface area (Å²) in [6.07, 6.45) is 1.81. The highest BCUT2D eigenvalue weighted by Crippen LogP contribution is 2.46. The number of fused-ring (bicyclic) bond motifs is 1. The fourth-order valence-electron chi connectivity index (χ4n) is 5.61. The molecular formula is C30H37N3O7. The third-order valence-corrected chi connectivity index (χ3v) is 8.15. The second kappa shape index (κ2) is 11.8. The van der Waals surface area contributed by atoms with Crippen LogP contribution in [-0.2, 0) is 9.53 Å². The predicted molar refractivity (Wildman–Crippen MR) is 146 cm³/mol. The SMILES string of the molecule is CCC[C@@H](NC(=O)N1C(=O)C(CC)(CC)[C@@H]1Oc1ccc(C(=O)N2CCOCC2)cc1)c1ccc2c(c1)OCO2. The summed E-state index contributed by atoms with van der Waals surface area (Å²) in [4.78, 5) is 42.8. The Morgan fingerprint density at radius 3 is 2.40 bits per heavy atom. The van der Waals surface area contributed by atoms with E-state index >= 15 is 0 Å². The van der Waals surface area contributed by atoms with Gasteiger partial charge in [-0.2, -0.15) is 0 Å². The van der Waals surface area contributed by atoms with Gasteiger partial charge in [0.1, 0.15) is 11.2 Å². The van der Waals surface area contributed by atoms with Crippen molar-refractivity contribution in [2.75, 3.05) is 33.1 Å². The number of nitrogens with one attached hydrogen (secondary N) is 1. The number of nitrogens with zero attached hydrogens (tertiary/aromatic N) is 2. The van der Waals surface area contributed by atoms with Crippen molar-refractivity contribution in [3.05, 3.63) is 53.6 Å². The van der Waals surface area contributed by atoms with E-state index < -0.39 is 17.7 Å². The molecule has 0 saturated carbocycles. The summed E-state index contributed by atoms with van der Waals surface area (Å²) in [7, 11) is 0. The van der Waals surface area contributed by atoms with Crippen LogP contribution >= 0.6 is 0 Å². The normalized spacial score (nSPS) is 20.1. The maximum atomic E-state index is 13.6. The van der Waals surface area contributed by atoms with Gasteiger partial charge in [0.25, 0.3) is 5.91 Å². The van der Waals surface area contributed by atoms with E-state index in [0.717, 1.165) is 12.0 Å². The molecule has 0 bridgehead atoms. The Bertz CT molecular complexity index is 1240. The van der Waals surface area contributed by atoms with E-state index in [-0.39, 0.29) is 24.6 Å². The Kier molecular flexibility index (Phi) is 8.16. The van der Waals surface area contributed by atoms with Crippen LogP contribution in [0.3, 0.4) is 0 Å². The third-order valence-electron chi connectivity index (χ3n) is 8.15. The molecule has 3 heterocycles. The minimum Gasteiger partial charge on any atom is -0.469 e. The number of amides is 4. The number of carbonyl (C=O) groups is 3. The Labute approximate surface area is 234 Å². The fourth-order valence-corrected chi connectivity index (χ4v) is 5.61. The van der Waals surface area contributed by atoms with Gasteiger partial charge in [0.05, 0.1) is 19.3 Å². The van der Waals surface area contributed by atoms with Crippen LogP contribution in [0.2, 0.25) is 0 Å². The molecule has 10 heteroatoms. The number of ether oxygens (including phenoxy) is 4. The number of hydrogen-bond donors (Lipinski definition) is 1. The molecule has 0 radical (unpaired) electrons. The molecule has 3 aliphatic rings. The van der Waals surface area contributed by atoms with E-state index in [1.807, 2.05) is 39.0 Å². The molecule has 2 saturated heterocycles. The summed E-state index contributed by atoms with van der Waals surface area (Å²) in [6.45, 7) is 8.27. The molecule has 2 atom stereocenters. The molecule has 2 aromatic carbocycles. The van der Waals surface area contributed by atoms with Crippen LogP contribution in [0.15, 0.2) is 42.5 Å². The van der Waals surface area contributed by atoms with E-state index in [2.05, 4.69) is 5.32 Å². The first-order chi connectivity index (χ1) is 19.4. The molecule has 0 unspecified atom stereocenters. The number of rotatable bonds is 9. The number of benzene rings is 2. The highest BCUT2D eigenvalue weighted by molar-refractivity contribution is 6.03. The number of carbonyl (C=O) groups excluding carboxylic acids is 3. The molecule has 40 heavy (non-hydrogen) atoms. The minimum atomic E-state index is -0.807. The number of imide groups is 1. The molecule has 4 amide bonds. The first kappa shape index (κ1) is 27.8. The van der Waals surface area contributed by atoms with Crippen molar-refractivity contribution in [1.82, 2.24) is 15.1 Å². The number of β-lactam (4-membered cyclic amide) rings is 1. The maximum absolute atomic E-state index is 13.6. The Morgan fingerprint density at radius 2 is 1.73 bits per heavy atom. The lowest BCUT2D eigenvalue weighted by Gasteiger charge is -2.53. The first-order valence-corrected chi connectivity index (χ1v) is 14.1. The summed E-state index contributed by atoms with van der Waals surface area (Å²) >= 11 is 0. The second-order valence-electron chi connectivity index (χ2n) is 10.3. The Balaban J connectivity index is 1.32. The van der Waals surface area contributed by atoms with Crippen molar-refractivity contribution in [2.24, 2.45) is 5.41 Å². The highest BCUT2D eigenvalue weighted by Gasteiger charge is 2.63. The van der Waals surface area contributed by atoms with Gasteiger partial charge in [0, 0.05) is 18.7 Å². The number of hydrogen-bond acceptors (Lipinski definition) is 7. The zero-order valence-corrected chi connectivity index (χ0v) is 23.3. The molecule has 10 nitrogen and oxygen atoms in total. The van der Waals surface area contributed by atoms with E-state index in [4.69, 9.17) is 18.9 Å². The van der Waals surface area contributed by atoms with Crippen LogP contribution in [0.25, 0.3) is 0 Å². The van der Waals surface area contributed by atoms with Crippen molar-refractivity contribution in [2.45, 2.75) is 58.7 Å². The molecule has 5 rings (SSSR count). The average Bonchev–Trinajstić information content (AvgIpc) is 3.46.